The van der Waals surface area contributed by atoms with E-state index in [-0.39, 0.29) is 16.5 Å². The summed E-state index contributed by atoms with van der Waals surface area (Å²) >= 11 is 0. The topological polar surface area (TPSA) is 74.3 Å². The number of pyridine rings is 1. The van der Waals surface area contributed by atoms with Gasteiger partial charge in [-0.15, -0.1) is 0 Å². The van der Waals surface area contributed by atoms with Gasteiger partial charge in [0.05, 0.1) is 12.7 Å². The van der Waals surface area contributed by atoms with Crippen LogP contribution in [0.4, 0.5) is 17.6 Å². The Kier molecular flexibility index (Phi) is 5.41. The number of aromatic nitrogens is 1. The molecule has 1 aromatic heterocycles. The number of carbonyl (C=O) groups is 1. The van der Waals surface area contributed by atoms with Gasteiger partial charge in [-0.1, -0.05) is 12.1 Å². The van der Waals surface area contributed by atoms with E-state index in [1.807, 2.05) is 0 Å². The number of rotatable bonds is 4. The molecule has 4 rings (SSSR count). The fourth-order valence-corrected chi connectivity index (χ4v) is 3.59. The molecule has 1 heterocycles. The van der Waals surface area contributed by atoms with Crippen LogP contribution in [0, 0.1) is 5.82 Å². The number of halogens is 4. The van der Waals surface area contributed by atoms with E-state index >= 15 is 0 Å². The zero-order valence-corrected chi connectivity index (χ0v) is 17.1. The number of benzene rings is 3. The van der Waals surface area contributed by atoms with Gasteiger partial charge in [-0.25, -0.2) is 4.39 Å². The number of fused-ring (bicyclic) bond motifs is 1. The first kappa shape index (κ1) is 22.1. The van der Waals surface area contributed by atoms with Crippen LogP contribution < -0.4 is 16.0 Å². The molecule has 9 heteroatoms. The van der Waals surface area contributed by atoms with Gasteiger partial charge in [-0.05, 0) is 54.1 Å². The normalized spacial score (nSPS) is 11.5. The highest BCUT2D eigenvalue weighted by atomic mass is 19.4. The molecule has 3 aromatic carbocycles. The van der Waals surface area contributed by atoms with Crippen molar-refractivity contribution in [3.8, 4) is 22.6 Å². The van der Waals surface area contributed by atoms with Gasteiger partial charge >= 0.3 is 6.18 Å². The molecule has 0 unspecified atom stereocenters. The molecule has 0 spiro atoms. The number of nitrogens with two attached hydrogens (primary N) is 1. The molecule has 2 N–H and O–H groups in total. The standard InChI is InChI=1S/C24H16F4N2O3/c1-33-16-6-7-17-18(11-16)19(13-5-8-20(21(25)10-13)24(26,27)28)12-30(23(17)32)15-4-2-3-14(9-15)22(29)31/h2-12H,1H3,(H2,29,31). The number of primary amides is 1. The van der Waals surface area contributed by atoms with E-state index < -0.39 is 29.0 Å². The molecule has 0 saturated heterocycles. The van der Waals surface area contributed by atoms with Crippen molar-refractivity contribution in [2.75, 3.05) is 7.11 Å². The van der Waals surface area contributed by atoms with Crippen LogP contribution in [0.2, 0.25) is 0 Å². The van der Waals surface area contributed by atoms with Crippen molar-refractivity contribution in [1.82, 2.24) is 4.57 Å². The molecule has 0 saturated carbocycles. The van der Waals surface area contributed by atoms with Crippen molar-refractivity contribution < 1.29 is 27.1 Å². The van der Waals surface area contributed by atoms with E-state index in [0.717, 1.165) is 12.1 Å². The fraction of sp³-hybridized carbons (Fsp3) is 0.0833. The predicted molar refractivity (Wildman–Crippen MR) is 115 cm³/mol. The lowest BCUT2D eigenvalue weighted by Gasteiger charge is -2.15. The summed E-state index contributed by atoms with van der Waals surface area (Å²) < 4.78 is 59.9. The molecule has 5 nitrogen and oxygen atoms in total. The number of carbonyl (C=O) groups excluding carboxylic acids is 1. The van der Waals surface area contributed by atoms with Crippen molar-refractivity contribution in [2.45, 2.75) is 6.18 Å². The maximum Gasteiger partial charge on any atom is 0.419 e. The third-order valence-electron chi connectivity index (χ3n) is 5.22. The Balaban J connectivity index is 2.04. The summed E-state index contributed by atoms with van der Waals surface area (Å²) in [6.45, 7) is 0. The molecule has 0 aliphatic rings. The Labute approximate surface area is 184 Å². The van der Waals surface area contributed by atoms with Gasteiger partial charge in [0, 0.05) is 33.8 Å². The number of hydrogen-bond acceptors (Lipinski definition) is 3. The molecule has 0 fully saturated rings. The van der Waals surface area contributed by atoms with Crippen LogP contribution in [-0.4, -0.2) is 17.6 Å². The number of ether oxygens (including phenoxy) is 1. The van der Waals surface area contributed by atoms with Gasteiger partial charge in [-0.3, -0.25) is 14.2 Å². The molecule has 0 atom stereocenters. The monoisotopic (exact) mass is 456 g/mol. The van der Waals surface area contributed by atoms with Gasteiger partial charge in [0.25, 0.3) is 5.56 Å². The second-order valence-corrected chi connectivity index (χ2v) is 7.24. The molecule has 0 aliphatic heterocycles. The highest BCUT2D eigenvalue weighted by Gasteiger charge is 2.34. The predicted octanol–water partition coefficient (Wildman–Crippen LogP) is 4.92. The largest absolute Gasteiger partial charge is 0.497 e. The van der Waals surface area contributed by atoms with Crippen molar-refractivity contribution in [1.29, 1.82) is 0 Å². The van der Waals surface area contributed by atoms with Crippen LogP contribution in [0.15, 0.2) is 71.7 Å². The minimum atomic E-state index is -4.85. The lowest BCUT2D eigenvalue weighted by molar-refractivity contribution is -0.139. The van der Waals surface area contributed by atoms with Crippen molar-refractivity contribution in [3.05, 3.63) is 94.2 Å². The minimum Gasteiger partial charge on any atom is -0.497 e. The summed E-state index contributed by atoms with van der Waals surface area (Å²) in [4.78, 5) is 24.8. The van der Waals surface area contributed by atoms with E-state index in [2.05, 4.69) is 0 Å². The maximum atomic E-state index is 14.4. The number of methoxy groups -OCH3 is 1. The van der Waals surface area contributed by atoms with E-state index in [0.29, 0.717) is 28.5 Å². The Bertz CT molecular complexity index is 1460. The van der Waals surface area contributed by atoms with Gasteiger partial charge in [-0.2, -0.15) is 13.2 Å². The average molecular weight is 456 g/mol. The van der Waals surface area contributed by atoms with E-state index in [1.54, 1.807) is 18.2 Å². The second-order valence-electron chi connectivity index (χ2n) is 7.24. The molecule has 33 heavy (non-hydrogen) atoms. The summed E-state index contributed by atoms with van der Waals surface area (Å²) in [6.07, 6.45) is -3.46. The van der Waals surface area contributed by atoms with Crippen LogP contribution in [0.25, 0.3) is 27.6 Å². The van der Waals surface area contributed by atoms with Crippen LogP contribution >= 0.6 is 0 Å². The molecule has 1 amide bonds. The van der Waals surface area contributed by atoms with Crippen LogP contribution in [-0.2, 0) is 6.18 Å². The number of nitrogens with zero attached hydrogens (tertiary/aromatic N) is 1. The fourth-order valence-electron chi connectivity index (χ4n) is 3.59. The molecule has 168 valence electrons. The number of alkyl halides is 3. The second kappa shape index (κ2) is 8.09. The average Bonchev–Trinajstić information content (AvgIpc) is 2.78. The van der Waals surface area contributed by atoms with E-state index in [9.17, 15) is 27.2 Å². The first-order valence-corrected chi connectivity index (χ1v) is 9.61. The molecule has 4 aromatic rings. The highest BCUT2D eigenvalue weighted by molar-refractivity contribution is 5.97. The quantitative estimate of drug-likeness (QED) is 0.443. The summed E-state index contributed by atoms with van der Waals surface area (Å²) in [6, 6.07) is 13.2. The van der Waals surface area contributed by atoms with Crippen molar-refractivity contribution in [2.24, 2.45) is 5.73 Å². The van der Waals surface area contributed by atoms with Crippen LogP contribution in [0.5, 0.6) is 5.75 Å². The minimum absolute atomic E-state index is 0.124. The van der Waals surface area contributed by atoms with E-state index in [4.69, 9.17) is 10.5 Å². The summed E-state index contributed by atoms with van der Waals surface area (Å²) in [5, 5.41) is 0.582. The Morgan fingerprint density at radius 2 is 1.76 bits per heavy atom. The maximum absolute atomic E-state index is 14.4. The van der Waals surface area contributed by atoms with Gasteiger partial charge in [0.15, 0.2) is 0 Å². The highest BCUT2D eigenvalue weighted by Crippen LogP contribution is 2.36. The summed E-state index contributed by atoms with van der Waals surface area (Å²) in [7, 11) is 1.43. The van der Waals surface area contributed by atoms with Crippen molar-refractivity contribution >= 4 is 16.7 Å². The first-order valence-electron chi connectivity index (χ1n) is 9.61. The smallest absolute Gasteiger partial charge is 0.419 e. The third-order valence-corrected chi connectivity index (χ3v) is 5.22. The number of hydrogen-bond donors (Lipinski definition) is 1. The SMILES string of the molecule is COc1ccc2c(=O)n(-c3cccc(C(N)=O)c3)cc(-c3ccc(C(F)(F)F)c(F)c3)c2c1. The van der Waals surface area contributed by atoms with Gasteiger partial charge < -0.3 is 10.5 Å². The van der Waals surface area contributed by atoms with E-state index in [1.165, 1.54) is 42.1 Å². The zero-order chi connectivity index (χ0) is 23.9. The van der Waals surface area contributed by atoms with Crippen LogP contribution in [0.3, 0.4) is 0 Å². The number of amides is 1. The summed E-state index contributed by atoms with van der Waals surface area (Å²) in [5.41, 5.74) is 4.38. The summed E-state index contributed by atoms with van der Waals surface area (Å²) in [5.74, 6) is -1.73. The van der Waals surface area contributed by atoms with Crippen LogP contribution in [0.1, 0.15) is 15.9 Å². The molecule has 0 bridgehead atoms. The van der Waals surface area contributed by atoms with Gasteiger partial charge in [0.2, 0.25) is 5.91 Å². The van der Waals surface area contributed by atoms with Gasteiger partial charge in [0.1, 0.15) is 11.6 Å². The zero-order valence-electron chi connectivity index (χ0n) is 17.1. The Morgan fingerprint density at radius 3 is 2.39 bits per heavy atom. The molecular weight excluding hydrogens is 440 g/mol. The first-order chi connectivity index (χ1) is 15.6. The molecule has 0 aliphatic carbocycles. The Hall–Kier alpha value is -4.14. The van der Waals surface area contributed by atoms with Crippen molar-refractivity contribution in [3.63, 3.8) is 0 Å². The Morgan fingerprint density at radius 1 is 1.00 bits per heavy atom. The third kappa shape index (κ3) is 4.05. The lowest BCUT2D eigenvalue weighted by atomic mass is 9.98. The lowest BCUT2D eigenvalue weighted by Crippen LogP contribution is -2.19. The molecular formula is C24H16F4N2O3. The molecule has 0 radical (unpaired) electrons.